The van der Waals surface area contributed by atoms with Gasteiger partial charge in [-0.1, -0.05) is 68.8 Å². The third kappa shape index (κ3) is 4.66. The number of hydrogen-bond acceptors (Lipinski definition) is 3. The van der Waals surface area contributed by atoms with Crippen LogP contribution in [-0.4, -0.2) is 19.4 Å². The van der Waals surface area contributed by atoms with E-state index in [0.717, 1.165) is 17.1 Å². The highest BCUT2D eigenvalue weighted by atomic mass is 35.5. The first-order chi connectivity index (χ1) is 12.3. The molecule has 3 nitrogen and oxygen atoms in total. The van der Waals surface area contributed by atoms with Crippen molar-refractivity contribution in [3.63, 3.8) is 0 Å². The highest BCUT2D eigenvalue weighted by Gasteiger charge is 2.30. The molecule has 1 N–H and O–H groups in total. The Morgan fingerprint density at radius 1 is 1.15 bits per heavy atom. The summed E-state index contributed by atoms with van der Waals surface area (Å²) < 4.78 is 12.3. The van der Waals surface area contributed by atoms with E-state index < -0.39 is 0 Å². The molecule has 1 aliphatic rings. The van der Waals surface area contributed by atoms with Gasteiger partial charge in [-0.25, -0.2) is 0 Å². The van der Waals surface area contributed by atoms with Crippen LogP contribution in [0.1, 0.15) is 56.5 Å². The van der Waals surface area contributed by atoms with Crippen LogP contribution in [0.4, 0.5) is 0 Å². The van der Waals surface area contributed by atoms with Crippen LogP contribution < -0.4 is 5.32 Å². The van der Waals surface area contributed by atoms with Crippen LogP contribution in [0, 0.1) is 0 Å². The minimum absolute atomic E-state index is 0.0219. The van der Waals surface area contributed by atoms with Crippen LogP contribution >= 0.6 is 11.6 Å². The van der Waals surface area contributed by atoms with Gasteiger partial charge in [0.15, 0.2) is 6.29 Å². The summed E-state index contributed by atoms with van der Waals surface area (Å²) in [5.74, 6) is 0. The predicted molar refractivity (Wildman–Crippen MR) is 107 cm³/mol. The van der Waals surface area contributed by atoms with E-state index in [1.165, 1.54) is 11.1 Å². The average Bonchev–Trinajstić information content (AvgIpc) is 2.61. The van der Waals surface area contributed by atoms with Crippen molar-refractivity contribution < 1.29 is 9.47 Å². The number of hydrogen-bond donors (Lipinski definition) is 1. The first-order valence-corrected chi connectivity index (χ1v) is 9.59. The zero-order valence-corrected chi connectivity index (χ0v) is 16.7. The number of morpholine rings is 1. The summed E-state index contributed by atoms with van der Waals surface area (Å²) in [6, 6.07) is 16.5. The van der Waals surface area contributed by atoms with Crippen LogP contribution in [-0.2, 0) is 14.9 Å². The van der Waals surface area contributed by atoms with Crippen molar-refractivity contribution in [2.24, 2.45) is 0 Å². The van der Waals surface area contributed by atoms with Gasteiger partial charge in [-0.3, -0.25) is 0 Å². The monoisotopic (exact) mass is 373 g/mol. The summed E-state index contributed by atoms with van der Waals surface area (Å²) in [7, 11) is 0. The molecular weight excluding hydrogens is 346 g/mol. The molecule has 1 heterocycles. The Morgan fingerprint density at radius 3 is 2.58 bits per heavy atom. The Kier molecular flexibility index (Phi) is 6.03. The topological polar surface area (TPSA) is 30.5 Å². The van der Waals surface area contributed by atoms with Crippen LogP contribution in [0.25, 0.3) is 0 Å². The fourth-order valence-corrected chi connectivity index (χ4v) is 3.44. The van der Waals surface area contributed by atoms with Crippen molar-refractivity contribution in [1.82, 2.24) is 5.32 Å². The van der Waals surface area contributed by atoms with E-state index in [1.807, 2.05) is 30.3 Å². The van der Waals surface area contributed by atoms with Gasteiger partial charge in [-0.2, -0.15) is 0 Å². The van der Waals surface area contributed by atoms with Crippen LogP contribution in [0.3, 0.4) is 0 Å². The van der Waals surface area contributed by atoms with Gasteiger partial charge in [0.2, 0.25) is 0 Å². The summed E-state index contributed by atoms with van der Waals surface area (Å²) in [5.41, 5.74) is 3.49. The maximum Gasteiger partial charge on any atom is 0.177 e. The molecule has 0 amide bonds. The third-order valence-electron chi connectivity index (χ3n) is 4.77. The molecule has 1 aliphatic heterocycles. The molecule has 0 spiro atoms. The third-order valence-corrected chi connectivity index (χ3v) is 4.99. The fourth-order valence-electron chi connectivity index (χ4n) is 3.19. The second-order valence-electron chi connectivity index (χ2n) is 7.88. The van der Waals surface area contributed by atoms with E-state index in [1.54, 1.807) is 0 Å². The molecule has 2 unspecified atom stereocenters. The van der Waals surface area contributed by atoms with E-state index in [-0.39, 0.29) is 23.9 Å². The van der Waals surface area contributed by atoms with Crippen molar-refractivity contribution >= 4 is 11.6 Å². The molecule has 0 bridgehead atoms. The predicted octanol–water partition coefficient (Wildman–Crippen LogP) is 5.40. The summed E-state index contributed by atoms with van der Waals surface area (Å²) in [4.78, 5) is 0. The van der Waals surface area contributed by atoms with Gasteiger partial charge in [0.25, 0.3) is 0 Å². The Labute approximate surface area is 161 Å². The Bertz CT molecular complexity index is 727. The van der Waals surface area contributed by atoms with Gasteiger partial charge < -0.3 is 14.8 Å². The fraction of sp³-hybridized carbons (Fsp3) is 0.455. The summed E-state index contributed by atoms with van der Waals surface area (Å²) in [6.45, 7) is 10.1. The average molecular weight is 374 g/mol. The first-order valence-electron chi connectivity index (χ1n) is 9.21. The van der Waals surface area contributed by atoms with Crippen molar-refractivity contribution in [2.75, 3.05) is 13.2 Å². The molecule has 3 atom stereocenters. The second-order valence-corrected chi connectivity index (χ2v) is 8.32. The molecule has 26 heavy (non-hydrogen) atoms. The number of rotatable bonds is 4. The normalized spacial score (nSPS) is 22.2. The lowest BCUT2D eigenvalue weighted by Crippen LogP contribution is -2.43. The lowest BCUT2D eigenvalue weighted by atomic mass is 9.86. The highest BCUT2D eigenvalue weighted by Crippen LogP contribution is 2.32. The van der Waals surface area contributed by atoms with E-state index in [0.29, 0.717) is 6.61 Å². The minimum atomic E-state index is -0.335. The molecule has 0 saturated carbocycles. The molecular formula is C22H28ClNO2. The lowest BCUT2D eigenvalue weighted by molar-refractivity contribution is -0.200. The molecule has 0 radical (unpaired) electrons. The Hall–Kier alpha value is -1.39. The number of halogens is 1. The van der Waals surface area contributed by atoms with E-state index in [4.69, 9.17) is 21.1 Å². The van der Waals surface area contributed by atoms with Gasteiger partial charge in [-0.05, 0) is 41.2 Å². The molecule has 140 valence electrons. The Balaban J connectivity index is 1.80. The van der Waals surface area contributed by atoms with Gasteiger partial charge >= 0.3 is 0 Å². The van der Waals surface area contributed by atoms with E-state index in [9.17, 15) is 0 Å². The van der Waals surface area contributed by atoms with Crippen LogP contribution in [0.5, 0.6) is 0 Å². The Morgan fingerprint density at radius 2 is 1.88 bits per heavy atom. The van der Waals surface area contributed by atoms with Crippen LogP contribution in [0.2, 0.25) is 5.02 Å². The van der Waals surface area contributed by atoms with Crippen LogP contribution in [0.15, 0.2) is 48.5 Å². The highest BCUT2D eigenvalue weighted by molar-refractivity contribution is 6.30. The standard InChI is InChI=1S/C22H28ClNO2/c1-15(17-12-18(22(2,3)4)14-19(23)13-17)26-21-20(24-10-11-25-21)16-8-6-5-7-9-16/h5-9,12-15,20-21,24H,10-11H2,1-4H3/t15-,20?,21?/m1/s1. The second kappa shape index (κ2) is 8.10. The summed E-state index contributed by atoms with van der Waals surface area (Å²) in [6.07, 6.45) is -0.455. The smallest absolute Gasteiger partial charge is 0.177 e. The molecule has 2 aromatic rings. The molecule has 4 heteroatoms. The molecule has 0 aromatic heterocycles. The molecule has 1 saturated heterocycles. The van der Waals surface area contributed by atoms with Gasteiger partial charge in [0.1, 0.15) is 0 Å². The quantitative estimate of drug-likeness (QED) is 0.778. The maximum atomic E-state index is 6.37. The van der Waals surface area contributed by atoms with E-state index in [2.05, 4.69) is 51.2 Å². The van der Waals surface area contributed by atoms with Crippen molar-refractivity contribution in [2.45, 2.75) is 51.5 Å². The molecule has 2 aromatic carbocycles. The van der Waals surface area contributed by atoms with Crippen molar-refractivity contribution in [1.29, 1.82) is 0 Å². The molecule has 1 fully saturated rings. The number of ether oxygens (including phenoxy) is 2. The van der Waals surface area contributed by atoms with Gasteiger partial charge in [0, 0.05) is 11.6 Å². The zero-order valence-electron chi connectivity index (χ0n) is 16.0. The van der Waals surface area contributed by atoms with Crippen molar-refractivity contribution in [3.05, 3.63) is 70.2 Å². The molecule has 0 aliphatic carbocycles. The number of nitrogens with one attached hydrogen (secondary N) is 1. The molecule has 3 rings (SSSR count). The van der Waals surface area contributed by atoms with E-state index >= 15 is 0 Å². The van der Waals surface area contributed by atoms with Gasteiger partial charge in [0.05, 0.1) is 18.8 Å². The lowest BCUT2D eigenvalue weighted by Gasteiger charge is -2.35. The first kappa shape index (κ1) is 19.4. The maximum absolute atomic E-state index is 6.37. The van der Waals surface area contributed by atoms with Crippen molar-refractivity contribution in [3.8, 4) is 0 Å². The number of benzene rings is 2. The summed E-state index contributed by atoms with van der Waals surface area (Å²) in [5, 5.41) is 4.25. The minimum Gasteiger partial charge on any atom is -0.349 e. The zero-order chi connectivity index (χ0) is 18.7. The summed E-state index contributed by atoms with van der Waals surface area (Å²) >= 11 is 6.37. The largest absolute Gasteiger partial charge is 0.349 e. The van der Waals surface area contributed by atoms with Gasteiger partial charge in [-0.15, -0.1) is 0 Å². The SMILES string of the molecule is C[C@@H](OC1OCCNC1c1ccccc1)c1cc(Cl)cc(C(C)(C)C)c1.